The lowest BCUT2D eigenvalue weighted by atomic mass is 10.4. The number of aromatic nitrogens is 1. The maximum absolute atomic E-state index is 12.2. The van der Waals surface area contributed by atoms with E-state index in [4.69, 9.17) is 4.74 Å². The first kappa shape index (κ1) is 15.6. The third-order valence-electron chi connectivity index (χ3n) is 1.74. The van der Waals surface area contributed by atoms with E-state index in [1.54, 1.807) is 22.6 Å². The number of amides is 1. The molecule has 1 aromatic rings. The normalized spacial score (nSPS) is 10.8. The molecule has 0 atom stereocenters. The van der Waals surface area contributed by atoms with E-state index in [1.165, 1.54) is 13.2 Å². The highest BCUT2D eigenvalue weighted by Gasteiger charge is 2.34. The highest BCUT2D eigenvalue weighted by atomic mass is 127. The summed E-state index contributed by atoms with van der Waals surface area (Å²) in [5.41, 5.74) is -0.283. The number of rotatable bonds is 3. The number of methoxy groups -OCH3 is 2. The number of pyridine rings is 1. The van der Waals surface area contributed by atoms with Crippen molar-refractivity contribution in [2.24, 2.45) is 0 Å². The topological polar surface area (TPSA) is 69.7 Å². The van der Waals surface area contributed by atoms with Gasteiger partial charge in [0.05, 0.1) is 17.8 Å². The molecule has 0 aromatic carbocycles. The van der Waals surface area contributed by atoms with Crippen molar-refractivity contribution in [3.05, 3.63) is 9.64 Å². The highest BCUT2D eigenvalue weighted by molar-refractivity contribution is 14.1. The standard InChI is InChI=1S/C9H8F3IN2O4/c1-17-6-4(13)3-5(14-8(16)18-2)7(15-6)19-9(10,11)12/h3H,1-2H3,(H,14,16). The number of hydrogen-bond donors (Lipinski definition) is 1. The lowest BCUT2D eigenvalue weighted by molar-refractivity contribution is -0.275. The average molecular weight is 392 g/mol. The number of halogens is 4. The van der Waals surface area contributed by atoms with E-state index in [1.807, 2.05) is 0 Å². The van der Waals surface area contributed by atoms with Crippen molar-refractivity contribution in [1.82, 2.24) is 4.98 Å². The van der Waals surface area contributed by atoms with E-state index in [0.717, 1.165) is 7.11 Å². The second-order valence-corrected chi connectivity index (χ2v) is 4.16. The van der Waals surface area contributed by atoms with Crippen LogP contribution >= 0.6 is 22.6 Å². The lowest BCUT2D eigenvalue weighted by Gasteiger charge is -2.14. The lowest BCUT2D eigenvalue weighted by Crippen LogP contribution is -2.21. The van der Waals surface area contributed by atoms with E-state index in [9.17, 15) is 18.0 Å². The van der Waals surface area contributed by atoms with E-state index in [-0.39, 0.29) is 11.6 Å². The van der Waals surface area contributed by atoms with Gasteiger partial charge >= 0.3 is 12.5 Å². The molecule has 0 saturated carbocycles. The van der Waals surface area contributed by atoms with Crippen molar-refractivity contribution < 1.29 is 32.2 Å². The molecule has 1 amide bonds. The van der Waals surface area contributed by atoms with E-state index in [0.29, 0.717) is 3.57 Å². The number of hydrogen-bond acceptors (Lipinski definition) is 5. The molecule has 1 aromatic heterocycles. The number of carbonyl (C=O) groups excluding carboxylic acids is 1. The van der Waals surface area contributed by atoms with Crippen LogP contribution in [-0.2, 0) is 4.74 Å². The van der Waals surface area contributed by atoms with Crippen LogP contribution in [0.1, 0.15) is 0 Å². The fourth-order valence-electron chi connectivity index (χ4n) is 1.04. The first-order valence-electron chi connectivity index (χ1n) is 4.62. The molecule has 0 fully saturated rings. The van der Waals surface area contributed by atoms with Crippen molar-refractivity contribution in [3.8, 4) is 11.8 Å². The molecule has 0 aliphatic heterocycles. The van der Waals surface area contributed by atoms with Gasteiger partial charge in [-0.2, -0.15) is 4.98 Å². The molecule has 1 N–H and O–H groups in total. The largest absolute Gasteiger partial charge is 0.574 e. The van der Waals surface area contributed by atoms with Gasteiger partial charge in [0.15, 0.2) is 0 Å². The Balaban J connectivity index is 3.18. The third-order valence-corrected chi connectivity index (χ3v) is 2.51. The van der Waals surface area contributed by atoms with E-state index < -0.39 is 18.3 Å². The molecule has 0 aliphatic carbocycles. The van der Waals surface area contributed by atoms with Crippen LogP contribution in [0.3, 0.4) is 0 Å². The Morgan fingerprint density at radius 1 is 1.37 bits per heavy atom. The molecule has 1 rings (SSSR count). The maximum Gasteiger partial charge on any atom is 0.574 e. The summed E-state index contributed by atoms with van der Waals surface area (Å²) in [5, 5.41) is 2.07. The summed E-state index contributed by atoms with van der Waals surface area (Å²) < 4.78 is 49.8. The van der Waals surface area contributed by atoms with Crippen LogP contribution in [0.25, 0.3) is 0 Å². The summed E-state index contributed by atoms with van der Waals surface area (Å²) in [6.07, 6.45) is -5.90. The second-order valence-electron chi connectivity index (χ2n) is 3.00. The molecule has 0 radical (unpaired) electrons. The van der Waals surface area contributed by atoms with Gasteiger partial charge < -0.3 is 14.2 Å². The van der Waals surface area contributed by atoms with E-state index >= 15 is 0 Å². The Morgan fingerprint density at radius 2 is 2.00 bits per heavy atom. The van der Waals surface area contributed by atoms with Gasteiger partial charge in [-0.1, -0.05) is 0 Å². The predicted octanol–water partition coefficient (Wildman–Crippen LogP) is 2.77. The van der Waals surface area contributed by atoms with Crippen LogP contribution in [0.2, 0.25) is 0 Å². The minimum Gasteiger partial charge on any atom is -0.480 e. The fourth-order valence-corrected chi connectivity index (χ4v) is 1.69. The summed E-state index contributed by atoms with van der Waals surface area (Å²) in [4.78, 5) is 14.6. The number of alkyl halides is 3. The molecule has 0 unspecified atom stereocenters. The van der Waals surface area contributed by atoms with Crippen LogP contribution in [0.15, 0.2) is 6.07 Å². The minimum atomic E-state index is -4.95. The molecule has 10 heteroatoms. The molecule has 0 spiro atoms. The van der Waals surface area contributed by atoms with Crippen molar-refractivity contribution in [2.75, 3.05) is 19.5 Å². The molecule has 0 saturated heterocycles. The van der Waals surface area contributed by atoms with Crippen molar-refractivity contribution >= 4 is 34.4 Å². The summed E-state index contributed by atoms with van der Waals surface area (Å²) in [5.74, 6) is -0.898. The summed E-state index contributed by atoms with van der Waals surface area (Å²) in [6, 6.07) is 1.21. The minimum absolute atomic E-state index is 0.0599. The Kier molecular flexibility index (Phi) is 5.03. The van der Waals surface area contributed by atoms with Crippen LogP contribution in [-0.4, -0.2) is 31.7 Å². The predicted molar refractivity (Wildman–Crippen MR) is 66.2 cm³/mol. The maximum atomic E-state index is 12.2. The Morgan fingerprint density at radius 3 is 2.47 bits per heavy atom. The molecule has 0 aliphatic rings. The van der Waals surface area contributed by atoms with Gasteiger partial charge in [-0.05, 0) is 28.7 Å². The number of nitrogens with zero attached hydrogens (tertiary/aromatic N) is 1. The van der Waals surface area contributed by atoms with Crippen molar-refractivity contribution in [1.29, 1.82) is 0 Å². The zero-order valence-electron chi connectivity index (χ0n) is 9.67. The fraction of sp³-hybridized carbons (Fsp3) is 0.333. The molecule has 106 valence electrons. The molecular formula is C9H8F3IN2O4. The summed E-state index contributed by atoms with van der Waals surface area (Å²) >= 11 is 1.78. The summed E-state index contributed by atoms with van der Waals surface area (Å²) in [7, 11) is 2.32. The van der Waals surface area contributed by atoms with Crippen LogP contribution < -0.4 is 14.8 Å². The van der Waals surface area contributed by atoms with Gasteiger partial charge in [0.25, 0.3) is 0 Å². The third kappa shape index (κ3) is 4.61. The van der Waals surface area contributed by atoms with Crippen LogP contribution in [0.5, 0.6) is 11.8 Å². The molecule has 1 heterocycles. The first-order chi connectivity index (χ1) is 8.76. The van der Waals surface area contributed by atoms with Gasteiger partial charge in [0.2, 0.25) is 11.8 Å². The Bertz CT molecular complexity index is 481. The van der Waals surface area contributed by atoms with Crippen LogP contribution in [0.4, 0.5) is 23.7 Å². The second kappa shape index (κ2) is 6.12. The molecule has 6 nitrogen and oxygen atoms in total. The van der Waals surface area contributed by atoms with Crippen LogP contribution in [0, 0.1) is 3.57 Å². The van der Waals surface area contributed by atoms with Gasteiger partial charge in [0.1, 0.15) is 5.69 Å². The zero-order valence-corrected chi connectivity index (χ0v) is 11.8. The number of carbonyl (C=O) groups is 1. The molecular weight excluding hydrogens is 384 g/mol. The summed E-state index contributed by atoms with van der Waals surface area (Å²) in [6.45, 7) is 0. The Labute approximate surface area is 119 Å². The highest BCUT2D eigenvalue weighted by Crippen LogP contribution is 2.33. The molecule has 0 bridgehead atoms. The number of ether oxygens (including phenoxy) is 3. The van der Waals surface area contributed by atoms with Gasteiger partial charge in [-0.15, -0.1) is 13.2 Å². The van der Waals surface area contributed by atoms with Gasteiger partial charge in [-0.3, -0.25) is 5.32 Å². The monoisotopic (exact) mass is 392 g/mol. The van der Waals surface area contributed by atoms with E-state index in [2.05, 4.69) is 19.8 Å². The quantitative estimate of drug-likeness (QED) is 0.802. The van der Waals surface area contributed by atoms with Gasteiger partial charge in [-0.25, -0.2) is 4.79 Å². The number of anilines is 1. The van der Waals surface area contributed by atoms with Gasteiger partial charge in [0, 0.05) is 0 Å². The average Bonchev–Trinajstić information content (AvgIpc) is 2.30. The zero-order chi connectivity index (χ0) is 14.6. The van der Waals surface area contributed by atoms with Crippen molar-refractivity contribution in [3.63, 3.8) is 0 Å². The molecule has 19 heavy (non-hydrogen) atoms. The number of nitrogens with one attached hydrogen (secondary N) is 1. The first-order valence-corrected chi connectivity index (χ1v) is 5.70. The smallest absolute Gasteiger partial charge is 0.480 e. The Hall–Kier alpha value is -1.46. The van der Waals surface area contributed by atoms with Crippen molar-refractivity contribution in [2.45, 2.75) is 6.36 Å². The SMILES string of the molecule is COC(=O)Nc1cc(I)c(OC)nc1OC(F)(F)F.